The fraction of sp³-hybridized carbons (Fsp3) is 0.833. The lowest BCUT2D eigenvalue weighted by molar-refractivity contribution is -0.124. The molecule has 2 heterocycles. The van der Waals surface area contributed by atoms with Crippen molar-refractivity contribution >= 4 is 11.8 Å². The monoisotopic (exact) mass is 230 g/mol. The molecule has 2 fully saturated rings. The molecule has 0 radical (unpaired) electrons. The first-order chi connectivity index (χ1) is 7.79. The van der Waals surface area contributed by atoms with Crippen molar-refractivity contribution < 1.29 is 9.59 Å². The van der Waals surface area contributed by atoms with Gasteiger partial charge in [-0.15, -0.1) is 0 Å². The molecule has 2 N–H and O–H groups in total. The summed E-state index contributed by atoms with van der Waals surface area (Å²) in [6.07, 6.45) is 3.53. The van der Waals surface area contributed by atoms with Gasteiger partial charge in [-0.3, -0.25) is 14.9 Å². The molecule has 2 aliphatic rings. The third-order valence-electron chi connectivity index (χ3n) is 1.82. The number of nitrogens with one attached hydrogen (secondary N) is 2. The summed E-state index contributed by atoms with van der Waals surface area (Å²) in [5.74, 6) is -0.296. The second-order valence-electron chi connectivity index (χ2n) is 2.93. The molecular weight excluding hydrogens is 204 g/mol. The lowest BCUT2D eigenvalue weighted by Gasteiger charge is -1.79. The van der Waals surface area contributed by atoms with Crippen molar-refractivity contribution in [3.63, 3.8) is 0 Å². The van der Waals surface area contributed by atoms with E-state index in [0.717, 1.165) is 0 Å². The van der Waals surface area contributed by atoms with Crippen LogP contribution in [0.4, 0.5) is 0 Å². The van der Waals surface area contributed by atoms with Crippen molar-refractivity contribution in [3.05, 3.63) is 0 Å². The molecule has 0 bridgehead atoms. The Labute approximate surface area is 99.2 Å². The van der Waals surface area contributed by atoms with Crippen LogP contribution >= 0.6 is 0 Å². The van der Waals surface area contributed by atoms with Gasteiger partial charge in [-0.2, -0.15) is 0 Å². The van der Waals surface area contributed by atoms with Crippen LogP contribution in [0.3, 0.4) is 0 Å². The third-order valence-corrected chi connectivity index (χ3v) is 1.82. The normalized spacial score (nSPS) is 17.0. The summed E-state index contributed by atoms with van der Waals surface area (Å²) in [5.41, 5.74) is 0. The van der Waals surface area contributed by atoms with E-state index in [0.29, 0.717) is 12.8 Å². The third kappa shape index (κ3) is 11.2. The number of imide groups is 1. The summed E-state index contributed by atoms with van der Waals surface area (Å²) in [4.78, 5) is 20.2. The Hall–Kier alpha value is -0.900. The molecule has 0 unspecified atom stereocenters. The van der Waals surface area contributed by atoms with E-state index >= 15 is 0 Å². The smallest absolute Gasteiger partial charge is 0.227 e. The number of hydrogen-bond donors (Lipinski definition) is 2. The van der Waals surface area contributed by atoms with E-state index in [1.54, 1.807) is 0 Å². The highest BCUT2D eigenvalue weighted by molar-refractivity contribution is 6.01. The van der Waals surface area contributed by atoms with Crippen LogP contribution in [0.2, 0.25) is 0 Å². The first kappa shape index (κ1) is 17.5. The van der Waals surface area contributed by atoms with Crippen molar-refractivity contribution in [2.45, 2.75) is 53.4 Å². The zero-order valence-electron chi connectivity index (χ0n) is 11.1. The highest BCUT2D eigenvalue weighted by atomic mass is 16.2. The van der Waals surface area contributed by atoms with Crippen molar-refractivity contribution in [2.24, 2.45) is 0 Å². The van der Waals surface area contributed by atoms with Gasteiger partial charge in [0.2, 0.25) is 11.8 Å². The summed E-state index contributed by atoms with van der Waals surface area (Å²) in [6.45, 7) is 10.5. The highest BCUT2D eigenvalue weighted by Gasteiger charge is 2.15. The molecule has 2 aliphatic heterocycles. The lowest BCUT2D eigenvalue weighted by Crippen LogP contribution is -2.18. The van der Waals surface area contributed by atoms with Gasteiger partial charge < -0.3 is 5.32 Å². The predicted octanol–water partition coefficient (Wildman–Crippen LogP) is 1.85. The molecule has 0 aromatic heterocycles. The van der Waals surface area contributed by atoms with Gasteiger partial charge in [-0.05, 0) is 25.9 Å². The van der Waals surface area contributed by atoms with Gasteiger partial charge in [0.25, 0.3) is 0 Å². The molecule has 0 atom stereocenters. The first-order valence-corrected chi connectivity index (χ1v) is 6.32. The summed E-state index contributed by atoms with van der Waals surface area (Å²) in [6, 6.07) is 0. The molecule has 96 valence electrons. The van der Waals surface area contributed by atoms with Crippen LogP contribution in [0.1, 0.15) is 53.4 Å². The summed E-state index contributed by atoms with van der Waals surface area (Å²) in [5, 5.41) is 5.36. The van der Waals surface area contributed by atoms with Crippen LogP contribution in [-0.2, 0) is 9.59 Å². The summed E-state index contributed by atoms with van der Waals surface area (Å²) >= 11 is 0. The average Bonchev–Trinajstić information content (AvgIpc) is 2.99. The molecule has 4 heteroatoms. The van der Waals surface area contributed by atoms with E-state index in [4.69, 9.17) is 0 Å². The van der Waals surface area contributed by atoms with Crippen LogP contribution in [0.25, 0.3) is 0 Å². The Morgan fingerprint density at radius 2 is 1.19 bits per heavy atom. The van der Waals surface area contributed by atoms with Gasteiger partial charge in [-0.25, -0.2) is 0 Å². The highest BCUT2D eigenvalue weighted by Crippen LogP contribution is 1.95. The Balaban J connectivity index is 0. The molecule has 2 rings (SSSR count). The molecule has 0 aliphatic carbocycles. The van der Waals surface area contributed by atoms with Crippen molar-refractivity contribution in [3.8, 4) is 0 Å². The Kier molecular flexibility index (Phi) is 15.4. The van der Waals surface area contributed by atoms with E-state index in [-0.39, 0.29) is 11.8 Å². The molecule has 2 amide bonds. The number of carbonyl (C=O) groups excluding carboxylic acids is 2. The number of hydrogen-bond acceptors (Lipinski definition) is 3. The molecule has 0 spiro atoms. The predicted molar refractivity (Wildman–Crippen MR) is 67.2 cm³/mol. The van der Waals surface area contributed by atoms with Gasteiger partial charge in [0.1, 0.15) is 0 Å². The standard InChI is InChI=1S/C4H5NO2.C4H9N.2C2H6/c6-3-1-2-4(7)5-3;1-2-4-5-3-1;2*1-2/h1-2H2,(H,5,6,7);5H,1-4H2;2*1-2H3. The van der Waals surface area contributed by atoms with Gasteiger partial charge in [0.05, 0.1) is 0 Å². The largest absolute Gasteiger partial charge is 0.317 e. The van der Waals surface area contributed by atoms with Crippen molar-refractivity contribution in [1.29, 1.82) is 0 Å². The molecule has 0 aromatic carbocycles. The quantitative estimate of drug-likeness (QED) is 0.624. The molecule has 0 aromatic rings. The molecule has 4 nitrogen and oxygen atoms in total. The van der Waals surface area contributed by atoms with E-state index in [2.05, 4.69) is 10.6 Å². The van der Waals surface area contributed by atoms with Crippen LogP contribution in [0.15, 0.2) is 0 Å². The summed E-state index contributed by atoms with van der Waals surface area (Å²) < 4.78 is 0. The topological polar surface area (TPSA) is 58.2 Å². The van der Waals surface area contributed by atoms with Gasteiger partial charge in [0, 0.05) is 12.8 Å². The SMILES string of the molecule is C1CCNC1.CC.CC.O=C1CCC(=O)N1. The lowest BCUT2D eigenvalue weighted by atomic mass is 10.4. The van der Waals surface area contributed by atoms with Gasteiger partial charge >= 0.3 is 0 Å². The zero-order valence-corrected chi connectivity index (χ0v) is 11.1. The number of carbonyl (C=O) groups is 2. The Bertz CT molecular complexity index is 156. The van der Waals surface area contributed by atoms with E-state index in [1.165, 1.54) is 25.9 Å². The minimum atomic E-state index is -0.148. The average molecular weight is 230 g/mol. The zero-order chi connectivity index (χ0) is 12.8. The maximum absolute atomic E-state index is 10.1. The van der Waals surface area contributed by atoms with Crippen LogP contribution < -0.4 is 10.6 Å². The van der Waals surface area contributed by atoms with E-state index in [1.807, 2.05) is 27.7 Å². The maximum atomic E-state index is 10.1. The molecule has 0 saturated carbocycles. The van der Waals surface area contributed by atoms with Crippen LogP contribution in [0.5, 0.6) is 0 Å². The minimum absolute atomic E-state index is 0.148. The fourth-order valence-corrected chi connectivity index (χ4v) is 1.13. The Morgan fingerprint density at radius 3 is 1.31 bits per heavy atom. The molecular formula is C12H26N2O2. The van der Waals surface area contributed by atoms with Gasteiger partial charge in [0.15, 0.2) is 0 Å². The maximum Gasteiger partial charge on any atom is 0.227 e. The fourth-order valence-electron chi connectivity index (χ4n) is 1.13. The Morgan fingerprint density at radius 1 is 0.812 bits per heavy atom. The summed E-state index contributed by atoms with van der Waals surface area (Å²) in [7, 11) is 0. The van der Waals surface area contributed by atoms with Crippen LogP contribution in [0, 0.1) is 0 Å². The van der Waals surface area contributed by atoms with E-state index < -0.39 is 0 Å². The molecule has 2 saturated heterocycles. The van der Waals surface area contributed by atoms with Crippen LogP contribution in [-0.4, -0.2) is 24.9 Å². The number of rotatable bonds is 0. The second kappa shape index (κ2) is 14.1. The van der Waals surface area contributed by atoms with Crippen molar-refractivity contribution in [2.75, 3.05) is 13.1 Å². The molecule has 16 heavy (non-hydrogen) atoms. The van der Waals surface area contributed by atoms with E-state index in [9.17, 15) is 9.59 Å². The van der Waals surface area contributed by atoms with Crippen molar-refractivity contribution in [1.82, 2.24) is 10.6 Å². The second-order valence-corrected chi connectivity index (χ2v) is 2.93. The minimum Gasteiger partial charge on any atom is -0.317 e. The van der Waals surface area contributed by atoms with Gasteiger partial charge in [-0.1, -0.05) is 27.7 Å². The number of amides is 2. The first-order valence-electron chi connectivity index (χ1n) is 6.32.